The molecule has 2 N–H and O–H groups in total. The van der Waals surface area contributed by atoms with Crippen LogP contribution in [0.1, 0.15) is 25.8 Å². The molecule has 2 nitrogen and oxygen atoms in total. The van der Waals surface area contributed by atoms with Crippen molar-refractivity contribution in [3.05, 3.63) is 28.8 Å². The van der Waals surface area contributed by atoms with Gasteiger partial charge in [0.25, 0.3) is 0 Å². The molecule has 1 saturated heterocycles. The Morgan fingerprint density at radius 1 is 1.53 bits per heavy atom. The third-order valence-corrected chi connectivity index (χ3v) is 3.58. The van der Waals surface area contributed by atoms with Gasteiger partial charge >= 0.3 is 0 Å². The zero-order valence-corrected chi connectivity index (χ0v) is 11.4. The summed E-state index contributed by atoms with van der Waals surface area (Å²) in [5.41, 5.74) is 8.50. The van der Waals surface area contributed by atoms with Crippen LogP contribution in [0.4, 0.5) is 5.69 Å². The molecule has 0 saturated carbocycles. The zero-order valence-electron chi connectivity index (χ0n) is 10.6. The van der Waals surface area contributed by atoms with Crippen LogP contribution in [0.2, 0.25) is 5.02 Å². The topological polar surface area (TPSA) is 29.3 Å². The second kappa shape index (κ2) is 5.28. The maximum absolute atomic E-state index is 6.08. The minimum Gasteiger partial charge on any atom is -0.371 e. The van der Waals surface area contributed by atoms with Crippen LogP contribution in [0.3, 0.4) is 0 Å². The van der Waals surface area contributed by atoms with Gasteiger partial charge in [-0.25, -0.2) is 0 Å². The highest BCUT2D eigenvalue weighted by atomic mass is 35.5. The fourth-order valence-electron chi connectivity index (χ4n) is 2.53. The van der Waals surface area contributed by atoms with E-state index < -0.39 is 0 Å². The van der Waals surface area contributed by atoms with Crippen molar-refractivity contribution in [3.63, 3.8) is 0 Å². The smallest absolute Gasteiger partial charge is 0.0410 e. The molecule has 3 heteroatoms. The molecule has 2 unspecified atom stereocenters. The monoisotopic (exact) mass is 252 g/mol. The summed E-state index contributed by atoms with van der Waals surface area (Å²) in [6.07, 6.45) is 2.17. The van der Waals surface area contributed by atoms with E-state index in [2.05, 4.69) is 24.0 Å². The lowest BCUT2D eigenvalue weighted by Gasteiger charge is -2.23. The van der Waals surface area contributed by atoms with Gasteiger partial charge in [0.15, 0.2) is 0 Å². The molecule has 0 amide bonds. The van der Waals surface area contributed by atoms with Crippen LogP contribution in [0.5, 0.6) is 0 Å². The molecule has 1 aromatic rings. The fraction of sp³-hybridized carbons (Fsp3) is 0.571. The Balaban J connectivity index is 2.25. The lowest BCUT2D eigenvalue weighted by molar-refractivity contribution is 0.659. The van der Waals surface area contributed by atoms with E-state index in [-0.39, 0.29) is 6.04 Å². The van der Waals surface area contributed by atoms with Crippen LogP contribution in [0, 0.1) is 5.92 Å². The average Bonchev–Trinajstić information content (AvgIpc) is 2.64. The van der Waals surface area contributed by atoms with Gasteiger partial charge in [-0.15, -0.1) is 0 Å². The van der Waals surface area contributed by atoms with Gasteiger partial charge in [0.05, 0.1) is 0 Å². The van der Waals surface area contributed by atoms with Crippen molar-refractivity contribution in [3.8, 4) is 0 Å². The van der Waals surface area contributed by atoms with Gasteiger partial charge in [-0.2, -0.15) is 0 Å². The molecule has 2 atom stereocenters. The number of nitrogens with two attached hydrogens (primary N) is 1. The normalized spacial score (nSPS) is 21.9. The average molecular weight is 253 g/mol. The summed E-state index contributed by atoms with van der Waals surface area (Å²) >= 11 is 6.08. The molecule has 1 aliphatic rings. The maximum Gasteiger partial charge on any atom is 0.0410 e. The summed E-state index contributed by atoms with van der Waals surface area (Å²) in [5, 5.41) is 0.802. The Hall–Kier alpha value is -0.730. The van der Waals surface area contributed by atoms with E-state index in [0.29, 0.717) is 0 Å². The van der Waals surface area contributed by atoms with Gasteiger partial charge in [0.2, 0.25) is 0 Å². The Labute approximate surface area is 109 Å². The fourth-order valence-corrected chi connectivity index (χ4v) is 2.72. The van der Waals surface area contributed by atoms with Gasteiger partial charge in [-0.1, -0.05) is 18.5 Å². The molecule has 0 spiro atoms. The summed E-state index contributed by atoms with van der Waals surface area (Å²) in [6, 6.07) is 6.35. The molecule has 1 heterocycles. The highest BCUT2D eigenvalue weighted by Crippen LogP contribution is 2.29. The van der Waals surface area contributed by atoms with Crippen molar-refractivity contribution < 1.29 is 0 Å². The van der Waals surface area contributed by atoms with Crippen LogP contribution in [0.25, 0.3) is 0 Å². The second-order valence-electron chi connectivity index (χ2n) is 5.29. The number of hydrogen-bond acceptors (Lipinski definition) is 2. The first-order valence-corrected chi connectivity index (χ1v) is 6.73. The van der Waals surface area contributed by atoms with Crippen LogP contribution >= 0.6 is 11.6 Å². The molecule has 94 valence electrons. The van der Waals surface area contributed by atoms with Crippen LogP contribution < -0.4 is 10.6 Å². The molecule has 1 fully saturated rings. The summed E-state index contributed by atoms with van der Waals surface area (Å²) in [7, 11) is 0. The molecule has 2 rings (SSSR count). The molecule has 0 aromatic heterocycles. The number of halogens is 1. The van der Waals surface area contributed by atoms with E-state index >= 15 is 0 Å². The van der Waals surface area contributed by atoms with Crippen LogP contribution in [-0.2, 0) is 6.42 Å². The SMILES string of the molecule is CC(N)Cc1cc(Cl)ccc1N1CCC(C)C1. The van der Waals surface area contributed by atoms with Crippen molar-refractivity contribution in [2.75, 3.05) is 18.0 Å². The number of rotatable bonds is 3. The molecule has 1 aliphatic heterocycles. The quantitative estimate of drug-likeness (QED) is 0.896. The first kappa shape index (κ1) is 12.7. The predicted molar refractivity (Wildman–Crippen MR) is 74.8 cm³/mol. The first-order chi connectivity index (χ1) is 8.06. The predicted octanol–water partition coefficient (Wildman–Crippen LogP) is 3.08. The van der Waals surface area contributed by atoms with E-state index in [1.165, 1.54) is 17.7 Å². The van der Waals surface area contributed by atoms with Crippen LogP contribution in [-0.4, -0.2) is 19.1 Å². The van der Waals surface area contributed by atoms with Gasteiger partial charge in [0.1, 0.15) is 0 Å². The molecule has 0 bridgehead atoms. The van der Waals surface area contributed by atoms with Crippen molar-refractivity contribution in [1.82, 2.24) is 0 Å². The Morgan fingerprint density at radius 3 is 2.88 bits per heavy atom. The van der Waals surface area contributed by atoms with Gasteiger partial charge < -0.3 is 10.6 Å². The molecule has 17 heavy (non-hydrogen) atoms. The van der Waals surface area contributed by atoms with Crippen LogP contribution in [0.15, 0.2) is 18.2 Å². The highest BCUT2D eigenvalue weighted by Gasteiger charge is 2.21. The molecule has 1 aromatic carbocycles. The minimum absolute atomic E-state index is 0.173. The van der Waals surface area contributed by atoms with E-state index in [9.17, 15) is 0 Å². The lowest BCUT2D eigenvalue weighted by Crippen LogP contribution is -2.23. The Kier molecular flexibility index (Phi) is 3.95. The molecule has 0 radical (unpaired) electrons. The van der Waals surface area contributed by atoms with Crippen molar-refractivity contribution in [2.24, 2.45) is 11.7 Å². The summed E-state index contributed by atoms with van der Waals surface area (Å²) in [5.74, 6) is 0.786. The number of benzene rings is 1. The molecule has 0 aliphatic carbocycles. The van der Waals surface area contributed by atoms with Crippen molar-refractivity contribution >= 4 is 17.3 Å². The van der Waals surface area contributed by atoms with E-state index in [1.807, 2.05) is 13.0 Å². The molecular weight excluding hydrogens is 232 g/mol. The first-order valence-electron chi connectivity index (χ1n) is 6.35. The van der Waals surface area contributed by atoms with E-state index in [0.717, 1.165) is 30.5 Å². The zero-order chi connectivity index (χ0) is 12.4. The highest BCUT2D eigenvalue weighted by molar-refractivity contribution is 6.30. The van der Waals surface area contributed by atoms with E-state index in [1.54, 1.807) is 0 Å². The lowest BCUT2D eigenvalue weighted by atomic mass is 10.0. The van der Waals surface area contributed by atoms with Gasteiger partial charge in [-0.05, 0) is 49.4 Å². The van der Waals surface area contributed by atoms with E-state index in [4.69, 9.17) is 17.3 Å². The minimum atomic E-state index is 0.173. The number of nitrogens with zero attached hydrogens (tertiary/aromatic N) is 1. The number of anilines is 1. The van der Waals surface area contributed by atoms with Gasteiger partial charge in [0, 0.05) is 29.8 Å². The third-order valence-electron chi connectivity index (χ3n) is 3.35. The summed E-state index contributed by atoms with van der Waals surface area (Å²) < 4.78 is 0. The third kappa shape index (κ3) is 3.14. The Morgan fingerprint density at radius 2 is 2.29 bits per heavy atom. The van der Waals surface area contributed by atoms with Crippen molar-refractivity contribution in [2.45, 2.75) is 32.7 Å². The van der Waals surface area contributed by atoms with Crippen molar-refractivity contribution in [1.29, 1.82) is 0 Å². The number of hydrogen-bond donors (Lipinski definition) is 1. The Bertz CT molecular complexity index is 390. The maximum atomic E-state index is 6.08. The summed E-state index contributed by atoms with van der Waals surface area (Å²) in [6.45, 7) is 6.64. The standard InChI is InChI=1S/C14H21ClN2/c1-10-5-6-17(9-10)14-4-3-13(15)8-12(14)7-11(2)16/h3-4,8,10-11H,5-7,9,16H2,1-2H3. The largest absolute Gasteiger partial charge is 0.371 e. The van der Waals surface area contributed by atoms with Gasteiger partial charge in [-0.3, -0.25) is 0 Å². The summed E-state index contributed by atoms with van der Waals surface area (Å²) in [4.78, 5) is 2.46. The second-order valence-corrected chi connectivity index (χ2v) is 5.73. The molecular formula is C14H21ClN2.